The van der Waals surface area contributed by atoms with Crippen molar-refractivity contribution < 1.29 is 14.6 Å². The molecule has 27 heavy (non-hydrogen) atoms. The first-order valence-electron chi connectivity index (χ1n) is 9.55. The molecule has 2 rings (SSSR count). The molecule has 0 saturated carbocycles. The predicted molar refractivity (Wildman–Crippen MR) is 108 cm³/mol. The topological polar surface area (TPSA) is 70.9 Å². The van der Waals surface area contributed by atoms with Crippen LogP contribution in [-0.2, 0) is 0 Å². The number of phenolic OH excluding ortho intramolecular Hbond substituents is 1. The Morgan fingerprint density at radius 2 is 1.74 bits per heavy atom. The molecule has 0 atom stereocenters. The number of carbonyl (C=O) groups excluding carboxylic acids is 1. The van der Waals surface area contributed by atoms with Gasteiger partial charge in [0.25, 0.3) is 5.91 Å². The second kappa shape index (κ2) is 11.7. The van der Waals surface area contributed by atoms with Crippen molar-refractivity contribution in [2.24, 2.45) is 5.10 Å². The molecule has 0 aliphatic rings. The normalized spacial score (nSPS) is 10.9. The van der Waals surface area contributed by atoms with Crippen LogP contribution in [0.1, 0.15) is 61.4 Å². The van der Waals surface area contributed by atoms with E-state index >= 15 is 0 Å². The molecule has 0 fully saturated rings. The number of amides is 1. The van der Waals surface area contributed by atoms with Crippen LogP contribution in [-0.4, -0.2) is 23.8 Å². The van der Waals surface area contributed by atoms with Gasteiger partial charge >= 0.3 is 0 Å². The maximum atomic E-state index is 12.0. The Kier molecular flexibility index (Phi) is 8.90. The van der Waals surface area contributed by atoms with Gasteiger partial charge < -0.3 is 9.84 Å². The third kappa shape index (κ3) is 7.52. The molecule has 0 unspecified atom stereocenters. The number of aromatic hydroxyl groups is 1. The van der Waals surface area contributed by atoms with E-state index in [1.807, 2.05) is 24.3 Å². The Hall–Kier alpha value is -2.82. The third-order valence-electron chi connectivity index (χ3n) is 4.17. The van der Waals surface area contributed by atoms with Crippen LogP contribution in [0.5, 0.6) is 11.5 Å². The SMILES string of the molecule is CCCCCCCCOc1ccccc1/C=N\NC(=O)c1ccc(O)cc1. The zero-order valence-corrected chi connectivity index (χ0v) is 15.9. The molecule has 0 radical (unpaired) electrons. The van der Waals surface area contributed by atoms with Crippen LogP contribution in [0.4, 0.5) is 0 Å². The summed E-state index contributed by atoms with van der Waals surface area (Å²) in [6.45, 7) is 2.89. The summed E-state index contributed by atoms with van der Waals surface area (Å²) in [6.07, 6.45) is 8.90. The quantitative estimate of drug-likeness (QED) is 0.337. The van der Waals surface area contributed by atoms with Crippen LogP contribution in [0.15, 0.2) is 53.6 Å². The molecule has 0 aliphatic carbocycles. The van der Waals surface area contributed by atoms with Gasteiger partial charge in [0.1, 0.15) is 11.5 Å². The van der Waals surface area contributed by atoms with Gasteiger partial charge in [-0.15, -0.1) is 0 Å². The van der Waals surface area contributed by atoms with Gasteiger partial charge in [0.05, 0.1) is 12.8 Å². The van der Waals surface area contributed by atoms with Crippen molar-refractivity contribution >= 4 is 12.1 Å². The highest BCUT2D eigenvalue weighted by atomic mass is 16.5. The lowest BCUT2D eigenvalue weighted by molar-refractivity contribution is 0.0955. The van der Waals surface area contributed by atoms with Crippen LogP contribution in [0, 0.1) is 0 Å². The molecule has 0 saturated heterocycles. The van der Waals surface area contributed by atoms with E-state index in [9.17, 15) is 9.90 Å². The summed E-state index contributed by atoms with van der Waals surface area (Å²) >= 11 is 0. The molecule has 0 aromatic heterocycles. The lowest BCUT2D eigenvalue weighted by Gasteiger charge is -2.09. The summed E-state index contributed by atoms with van der Waals surface area (Å²) in [7, 11) is 0. The summed E-state index contributed by atoms with van der Waals surface area (Å²) in [5, 5.41) is 13.3. The number of phenols is 1. The van der Waals surface area contributed by atoms with Gasteiger partial charge in [0, 0.05) is 11.1 Å². The van der Waals surface area contributed by atoms with Crippen molar-refractivity contribution in [3.63, 3.8) is 0 Å². The van der Waals surface area contributed by atoms with Gasteiger partial charge in [-0.25, -0.2) is 5.43 Å². The highest BCUT2D eigenvalue weighted by Crippen LogP contribution is 2.17. The van der Waals surface area contributed by atoms with Gasteiger partial charge in [-0.1, -0.05) is 51.2 Å². The summed E-state index contributed by atoms with van der Waals surface area (Å²) < 4.78 is 5.87. The van der Waals surface area contributed by atoms with E-state index in [-0.39, 0.29) is 11.7 Å². The Labute approximate surface area is 161 Å². The number of benzene rings is 2. The number of ether oxygens (including phenoxy) is 1. The fraction of sp³-hybridized carbons (Fsp3) is 0.364. The Morgan fingerprint density at radius 3 is 2.52 bits per heavy atom. The lowest BCUT2D eigenvalue weighted by Crippen LogP contribution is -2.17. The third-order valence-corrected chi connectivity index (χ3v) is 4.17. The number of nitrogens with zero attached hydrogens (tertiary/aromatic N) is 1. The van der Waals surface area contributed by atoms with E-state index < -0.39 is 0 Å². The maximum Gasteiger partial charge on any atom is 0.271 e. The first-order valence-corrected chi connectivity index (χ1v) is 9.55. The standard InChI is InChI=1S/C22H28N2O3/c1-2-3-4-5-6-9-16-27-21-11-8-7-10-19(21)17-23-24-22(26)18-12-14-20(25)15-13-18/h7-8,10-15,17,25H,2-6,9,16H2,1H3,(H,24,26)/b23-17-. The minimum atomic E-state index is -0.336. The molecular formula is C22H28N2O3. The van der Waals surface area contributed by atoms with Crippen LogP contribution in [0.2, 0.25) is 0 Å². The fourth-order valence-corrected chi connectivity index (χ4v) is 2.62. The average Bonchev–Trinajstić information content (AvgIpc) is 2.69. The Balaban J connectivity index is 1.81. The van der Waals surface area contributed by atoms with Gasteiger partial charge in [-0.2, -0.15) is 5.10 Å². The molecule has 0 aliphatic heterocycles. The Bertz CT molecular complexity index is 727. The number of hydrazone groups is 1. The molecule has 0 spiro atoms. The molecule has 2 N–H and O–H groups in total. The number of nitrogens with one attached hydrogen (secondary N) is 1. The second-order valence-corrected chi connectivity index (χ2v) is 6.40. The molecule has 144 valence electrons. The molecule has 1 amide bonds. The van der Waals surface area contributed by atoms with Gasteiger partial charge in [-0.3, -0.25) is 4.79 Å². The summed E-state index contributed by atoms with van der Waals surface area (Å²) in [4.78, 5) is 12.0. The van der Waals surface area contributed by atoms with Crippen molar-refractivity contribution in [2.75, 3.05) is 6.61 Å². The molecule has 2 aromatic carbocycles. The lowest BCUT2D eigenvalue weighted by atomic mass is 10.1. The molecule has 0 bridgehead atoms. The summed E-state index contributed by atoms with van der Waals surface area (Å²) in [6, 6.07) is 13.6. The van der Waals surface area contributed by atoms with E-state index in [0.29, 0.717) is 12.2 Å². The first-order chi connectivity index (χ1) is 13.2. The minimum absolute atomic E-state index is 0.117. The summed E-state index contributed by atoms with van der Waals surface area (Å²) in [5.74, 6) is 0.539. The van der Waals surface area contributed by atoms with E-state index in [2.05, 4.69) is 17.5 Å². The monoisotopic (exact) mass is 368 g/mol. The van der Waals surface area contributed by atoms with E-state index in [0.717, 1.165) is 17.7 Å². The van der Waals surface area contributed by atoms with Crippen LogP contribution in [0.25, 0.3) is 0 Å². The number of unbranched alkanes of at least 4 members (excludes halogenated alkanes) is 5. The maximum absolute atomic E-state index is 12.0. The van der Waals surface area contributed by atoms with Crippen LogP contribution < -0.4 is 10.2 Å². The number of para-hydroxylation sites is 1. The first kappa shape index (κ1) is 20.5. The number of hydrogen-bond donors (Lipinski definition) is 2. The van der Waals surface area contributed by atoms with E-state index in [1.165, 1.54) is 56.4 Å². The zero-order valence-electron chi connectivity index (χ0n) is 15.9. The molecule has 2 aromatic rings. The van der Waals surface area contributed by atoms with Crippen molar-refractivity contribution in [1.29, 1.82) is 0 Å². The largest absolute Gasteiger partial charge is 0.508 e. The second-order valence-electron chi connectivity index (χ2n) is 6.40. The minimum Gasteiger partial charge on any atom is -0.508 e. The number of rotatable bonds is 11. The average molecular weight is 368 g/mol. The molecule has 0 heterocycles. The summed E-state index contributed by atoms with van der Waals surface area (Å²) in [5.41, 5.74) is 3.73. The Morgan fingerprint density at radius 1 is 1.04 bits per heavy atom. The zero-order chi connectivity index (χ0) is 19.3. The van der Waals surface area contributed by atoms with Crippen LogP contribution in [0.3, 0.4) is 0 Å². The number of hydrogen-bond acceptors (Lipinski definition) is 4. The molecule has 5 heteroatoms. The van der Waals surface area contributed by atoms with Crippen molar-refractivity contribution in [3.8, 4) is 11.5 Å². The molecular weight excluding hydrogens is 340 g/mol. The van der Waals surface area contributed by atoms with E-state index in [1.54, 1.807) is 6.21 Å². The highest BCUT2D eigenvalue weighted by Gasteiger charge is 2.04. The van der Waals surface area contributed by atoms with Gasteiger partial charge in [0.15, 0.2) is 0 Å². The van der Waals surface area contributed by atoms with Gasteiger partial charge in [0.2, 0.25) is 0 Å². The van der Waals surface area contributed by atoms with Crippen molar-refractivity contribution in [2.45, 2.75) is 45.4 Å². The number of carbonyl (C=O) groups is 1. The fourth-order valence-electron chi connectivity index (χ4n) is 2.62. The van der Waals surface area contributed by atoms with Crippen LogP contribution >= 0.6 is 0 Å². The smallest absolute Gasteiger partial charge is 0.271 e. The van der Waals surface area contributed by atoms with E-state index in [4.69, 9.17) is 4.74 Å². The van der Waals surface area contributed by atoms with Gasteiger partial charge in [-0.05, 0) is 42.8 Å². The van der Waals surface area contributed by atoms with Crippen molar-refractivity contribution in [3.05, 3.63) is 59.7 Å². The predicted octanol–water partition coefficient (Wildman–Crippen LogP) is 4.90. The highest BCUT2D eigenvalue weighted by molar-refractivity contribution is 5.95. The molecule has 5 nitrogen and oxygen atoms in total. The van der Waals surface area contributed by atoms with Crippen molar-refractivity contribution in [1.82, 2.24) is 5.43 Å².